The van der Waals surface area contributed by atoms with E-state index in [1.807, 2.05) is 6.07 Å². The number of fused-ring (bicyclic) bond motifs is 5. The number of rotatable bonds is 3. The van der Waals surface area contributed by atoms with Gasteiger partial charge in [0.1, 0.15) is 19.0 Å². The molecule has 0 saturated carbocycles. The lowest BCUT2D eigenvalue weighted by atomic mass is 9.90. The molecule has 3 aromatic rings. The van der Waals surface area contributed by atoms with Gasteiger partial charge in [0.05, 0.1) is 11.8 Å². The molecule has 6 nitrogen and oxygen atoms in total. The highest BCUT2D eigenvalue weighted by Crippen LogP contribution is 2.50. The maximum atomic E-state index is 6.80. The van der Waals surface area contributed by atoms with Crippen LogP contribution in [0.2, 0.25) is 0 Å². The first-order valence-electron chi connectivity index (χ1n) is 12.6. The fraction of sp³-hybridized carbons (Fsp3) is 0.345. The van der Waals surface area contributed by atoms with Gasteiger partial charge in [-0.05, 0) is 29.8 Å². The van der Waals surface area contributed by atoms with Crippen LogP contribution in [-0.2, 0) is 6.54 Å². The minimum absolute atomic E-state index is 0.184. The van der Waals surface area contributed by atoms with Crippen molar-refractivity contribution >= 4 is 5.71 Å². The first-order valence-corrected chi connectivity index (χ1v) is 12.6. The second kappa shape index (κ2) is 8.31. The van der Waals surface area contributed by atoms with Crippen LogP contribution < -0.4 is 14.2 Å². The zero-order valence-corrected chi connectivity index (χ0v) is 19.7. The van der Waals surface area contributed by atoms with E-state index in [4.69, 9.17) is 19.3 Å². The second-order valence-electron chi connectivity index (χ2n) is 9.82. The summed E-state index contributed by atoms with van der Waals surface area (Å²) in [6.07, 6.45) is 2.70. The lowest BCUT2D eigenvalue weighted by Crippen LogP contribution is -2.59. The third kappa shape index (κ3) is 3.64. The molecular formula is C29H29N3O3. The largest absolute Gasteiger partial charge is 0.486 e. The second-order valence-corrected chi connectivity index (χ2v) is 9.82. The molecule has 0 unspecified atom stereocenters. The van der Waals surface area contributed by atoms with Crippen LogP contribution in [0.3, 0.4) is 0 Å². The average Bonchev–Trinajstić information content (AvgIpc) is 3.38. The first-order chi connectivity index (χ1) is 17.3. The van der Waals surface area contributed by atoms with Gasteiger partial charge in [0.2, 0.25) is 5.72 Å². The number of hydrogen-bond donors (Lipinski definition) is 0. The van der Waals surface area contributed by atoms with Gasteiger partial charge in [-0.25, -0.2) is 5.01 Å². The van der Waals surface area contributed by atoms with E-state index in [-0.39, 0.29) is 6.04 Å². The number of benzene rings is 3. The fourth-order valence-corrected chi connectivity index (χ4v) is 5.86. The highest BCUT2D eigenvalue weighted by atomic mass is 16.6. The van der Waals surface area contributed by atoms with Gasteiger partial charge in [0, 0.05) is 50.0 Å². The smallest absolute Gasteiger partial charge is 0.200 e. The zero-order valence-electron chi connectivity index (χ0n) is 19.7. The summed E-state index contributed by atoms with van der Waals surface area (Å²) >= 11 is 0. The van der Waals surface area contributed by atoms with Crippen LogP contribution >= 0.6 is 0 Å². The van der Waals surface area contributed by atoms with Crippen LogP contribution in [0.5, 0.6) is 17.2 Å². The van der Waals surface area contributed by atoms with Crippen molar-refractivity contribution in [2.24, 2.45) is 5.10 Å². The molecule has 0 aliphatic carbocycles. The van der Waals surface area contributed by atoms with Crippen molar-refractivity contribution in [2.45, 2.75) is 37.6 Å². The Labute approximate surface area is 205 Å². The summed E-state index contributed by atoms with van der Waals surface area (Å²) in [5.74, 6) is 2.62. The summed E-state index contributed by atoms with van der Waals surface area (Å²) < 4.78 is 18.4. The van der Waals surface area contributed by atoms with Gasteiger partial charge in [-0.3, -0.25) is 4.90 Å². The summed E-state index contributed by atoms with van der Waals surface area (Å²) in [6, 6.07) is 25.6. The molecule has 7 rings (SSSR count). The Hall–Kier alpha value is -3.51. The Morgan fingerprint density at radius 2 is 1.60 bits per heavy atom. The van der Waals surface area contributed by atoms with E-state index < -0.39 is 5.72 Å². The first kappa shape index (κ1) is 20.8. The molecular weight excluding hydrogens is 438 g/mol. The van der Waals surface area contributed by atoms with Crippen LogP contribution in [-0.4, -0.2) is 47.6 Å². The lowest BCUT2D eigenvalue weighted by Gasteiger charge is -2.51. The van der Waals surface area contributed by atoms with Crippen LogP contribution in [0.15, 0.2) is 77.9 Å². The number of ether oxygens (including phenoxy) is 3. The monoisotopic (exact) mass is 467 g/mol. The van der Waals surface area contributed by atoms with Crippen molar-refractivity contribution < 1.29 is 14.2 Å². The Balaban J connectivity index is 1.19. The molecule has 178 valence electrons. The molecule has 0 N–H and O–H groups in total. The summed E-state index contributed by atoms with van der Waals surface area (Å²) in [4.78, 5) is 2.53. The van der Waals surface area contributed by atoms with Crippen LogP contribution in [0.1, 0.15) is 42.0 Å². The molecule has 4 aliphatic heterocycles. The molecule has 1 fully saturated rings. The molecule has 0 bridgehead atoms. The van der Waals surface area contributed by atoms with Crippen molar-refractivity contribution in [3.8, 4) is 17.2 Å². The topological polar surface area (TPSA) is 46.5 Å². The summed E-state index contributed by atoms with van der Waals surface area (Å²) in [7, 11) is 0. The normalized spacial score (nSPS) is 22.2. The number of hydrogen-bond acceptors (Lipinski definition) is 6. The zero-order chi connectivity index (χ0) is 23.2. The highest BCUT2D eigenvalue weighted by Gasteiger charge is 2.51. The SMILES string of the molecule is c1ccc(CN2CCC3(CC2)Oc2ccccc2[C@@H]2CC(c4ccc5c(c4)OCCO5)=NN23)cc1. The maximum absolute atomic E-state index is 6.80. The Bertz CT molecular complexity index is 1270. The van der Waals surface area contributed by atoms with Crippen molar-refractivity contribution in [3.05, 3.63) is 89.5 Å². The minimum Gasteiger partial charge on any atom is -0.486 e. The lowest BCUT2D eigenvalue weighted by molar-refractivity contribution is -0.150. The molecule has 3 aromatic carbocycles. The predicted molar refractivity (Wildman–Crippen MR) is 134 cm³/mol. The van der Waals surface area contributed by atoms with Gasteiger partial charge in [0.25, 0.3) is 0 Å². The Morgan fingerprint density at radius 3 is 2.46 bits per heavy atom. The van der Waals surface area contributed by atoms with Crippen LogP contribution in [0.25, 0.3) is 0 Å². The molecule has 4 aliphatic rings. The van der Waals surface area contributed by atoms with Crippen molar-refractivity contribution in [1.29, 1.82) is 0 Å². The van der Waals surface area contributed by atoms with Gasteiger partial charge < -0.3 is 14.2 Å². The highest BCUT2D eigenvalue weighted by molar-refractivity contribution is 6.02. The van der Waals surface area contributed by atoms with E-state index in [1.165, 1.54) is 11.1 Å². The van der Waals surface area contributed by atoms with E-state index in [2.05, 4.69) is 76.6 Å². The quantitative estimate of drug-likeness (QED) is 0.543. The van der Waals surface area contributed by atoms with Gasteiger partial charge >= 0.3 is 0 Å². The van der Waals surface area contributed by atoms with E-state index >= 15 is 0 Å². The van der Waals surface area contributed by atoms with Crippen LogP contribution in [0.4, 0.5) is 0 Å². The molecule has 1 atom stereocenters. The van der Waals surface area contributed by atoms with Gasteiger partial charge in [0.15, 0.2) is 11.5 Å². The van der Waals surface area contributed by atoms with Gasteiger partial charge in [-0.15, -0.1) is 0 Å². The Morgan fingerprint density at radius 1 is 0.829 bits per heavy atom. The van der Waals surface area contributed by atoms with Crippen LogP contribution in [0, 0.1) is 0 Å². The Kier molecular flexibility index (Phi) is 4.94. The number of hydrazone groups is 1. The molecule has 1 saturated heterocycles. The van der Waals surface area contributed by atoms with Crippen molar-refractivity contribution in [1.82, 2.24) is 9.91 Å². The molecule has 0 radical (unpaired) electrons. The summed E-state index contributed by atoms with van der Waals surface area (Å²) in [5.41, 5.74) is 4.34. The molecule has 1 spiro atoms. The predicted octanol–water partition coefficient (Wildman–Crippen LogP) is 4.99. The molecule has 35 heavy (non-hydrogen) atoms. The third-order valence-electron chi connectivity index (χ3n) is 7.67. The van der Waals surface area contributed by atoms with Gasteiger partial charge in [-0.2, -0.15) is 5.10 Å². The third-order valence-corrected chi connectivity index (χ3v) is 7.67. The van der Waals surface area contributed by atoms with E-state index in [0.29, 0.717) is 13.2 Å². The average molecular weight is 468 g/mol. The fourth-order valence-electron chi connectivity index (χ4n) is 5.86. The number of para-hydroxylation sites is 1. The number of nitrogens with zero attached hydrogens (tertiary/aromatic N) is 3. The molecule has 0 aromatic heterocycles. The van der Waals surface area contributed by atoms with E-state index in [9.17, 15) is 0 Å². The maximum Gasteiger partial charge on any atom is 0.200 e. The van der Waals surface area contributed by atoms with E-state index in [0.717, 1.165) is 67.4 Å². The van der Waals surface area contributed by atoms with Crippen molar-refractivity contribution in [2.75, 3.05) is 26.3 Å². The molecule has 0 amide bonds. The van der Waals surface area contributed by atoms with Gasteiger partial charge in [-0.1, -0.05) is 48.5 Å². The number of likely N-dealkylation sites (tertiary alicyclic amines) is 1. The molecule has 4 heterocycles. The van der Waals surface area contributed by atoms with Crippen molar-refractivity contribution in [3.63, 3.8) is 0 Å². The molecule has 6 heteroatoms. The minimum atomic E-state index is -0.415. The number of piperidine rings is 1. The summed E-state index contributed by atoms with van der Waals surface area (Å²) in [6.45, 7) is 4.12. The summed E-state index contributed by atoms with van der Waals surface area (Å²) in [5, 5.41) is 7.50. The van der Waals surface area contributed by atoms with E-state index in [1.54, 1.807) is 0 Å². The standard InChI is InChI=1S/C29H29N3O3/c1-2-6-21(7-3-1)20-31-14-12-29(13-15-31)32-25(23-8-4-5-9-26(23)35-29)19-24(30-32)22-10-11-27-28(18-22)34-17-16-33-27/h1-11,18,25H,12-17,19-20H2/t25-/m0/s1.